The third-order valence-corrected chi connectivity index (χ3v) is 2.86. The number of nitrogens with one attached hydrogen (secondary N) is 1. The monoisotopic (exact) mass is 307 g/mol. The summed E-state index contributed by atoms with van der Waals surface area (Å²) in [7, 11) is 0. The maximum atomic E-state index is 5.62. The summed E-state index contributed by atoms with van der Waals surface area (Å²) in [5.74, 6) is 1.82. The third kappa shape index (κ3) is 7.02. The van der Waals surface area contributed by atoms with E-state index in [-0.39, 0.29) is 12.4 Å². The Morgan fingerprint density at radius 2 is 1.29 bits per heavy atom. The lowest BCUT2D eigenvalue weighted by molar-refractivity contribution is 0.289. The van der Waals surface area contributed by atoms with Crippen LogP contribution in [0.15, 0.2) is 54.6 Å². The average molecular weight is 308 g/mol. The number of benzene rings is 2. The highest BCUT2D eigenvalue weighted by atomic mass is 35.5. The maximum Gasteiger partial charge on any atom is 0.119 e. The molecule has 0 aliphatic heterocycles. The van der Waals surface area contributed by atoms with Gasteiger partial charge < -0.3 is 14.8 Å². The summed E-state index contributed by atoms with van der Waals surface area (Å²) < 4.78 is 11.2. The molecule has 4 heteroatoms. The van der Waals surface area contributed by atoms with Crippen LogP contribution in [-0.2, 0) is 0 Å². The van der Waals surface area contributed by atoms with Crippen molar-refractivity contribution in [1.82, 2.24) is 5.32 Å². The van der Waals surface area contributed by atoms with Crippen LogP contribution in [0.4, 0.5) is 0 Å². The normalized spacial score (nSPS) is 9.76. The molecule has 0 heterocycles. The van der Waals surface area contributed by atoms with Gasteiger partial charge >= 0.3 is 0 Å². The minimum absolute atomic E-state index is 0. The number of para-hydroxylation sites is 1. The van der Waals surface area contributed by atoms with Crippen molar-refractivity contribution < 1.29 is 9.47 Å². The van der Waals surface area contributed by atoms with Crippen molar-refractivity contribution in [3.63, 3.8) is 0 Å². The van der Waals surface area contributed by atoms with Crippen LogP contribution < -0.4 is 14.8 Å². The van der Waals surface area contributed by atoms with Gasteiger partial charge in [0.2, 0.25) is 0 Å². The van der Waals surface area contributed by atoms with Crippen LogP contribution in [0.3, 0.4) is 0 Å². The number of hydrogen-bond donors (Lipinski definition) is 1. The molecule has 0 amide bonds. The van der Waals surface area contributed by atoms with Gasteiger partial charge in [0.05, 0.1) is 0 Å². The highest BCUT2D eigenvalue weighted by Gasteiger charge is 1.94. The Morgan fingerprint density at radius 1 is 0.762 bits per heavy atom. The smallest absolute Gasteiger partial charge is 0.119 e. The first-order valence-electron chi connectivity index (χ1n) is 6.92. The standard InChI is InChI=1S/C17H21NO2.ClH/c1-15-7-9-17(10-8-15)20-14-12-18-11-13-19-16-5-3-2-4-6-16;/h2-10,18H,11-14H2,1H3;1H. The zero-order valence-electron chi connectivity index (χ0n) is 12.2. The van der Waals surface area contributed by atoms with E-state index in [1.165, 1.54) is 5.56 Å². The van der Waals surface area contributed by atoms with Crippen molar-refractivity contribution in [3.8, 4) is 11.5 Å². The second-order valence-corrected chi connectivity index (χ2v) is 4.57. The Kier molecular flexibility index (Phi) is 8.32. The quantitative estimate of drug-likeness (QED) is 0.758. The van der Waals surface area contributed by atoms with E-state index in [1.807, 2.05) is 42.5 Å². The lowest BCUT2D eigenvalue weighted by atomic mass is 10.2. The lowest BCUT2D eigenvalue weighted by Gasteiger charge is -2.09. The molecular weight excluding hydrogens is 286 g/mol. The van der Waals surface area contributed by atoms with Crippen molar-refractivity contribution in [3.05, 3.63) is 60.2 Å². The molecule has 21 heavy (non-hydrogen) atoms. The van der Waals surface area contributed by atoms with E-state index in [4.69, 9.17) is 9.47 Å². The molecule has 114 valence electrons. The molecule has 0 unspecified atom stereocenters. The number of hydrogen-bond acceptors (Lipinski definition) is 3. The molecule has 0 radical (unpaired) electrons. The molecule has 0 saturated heterocycles. The number of rotatable bonds is 8. The molecule has 0 fully saturated rings. The van der Waals surface area contributed by atoms with Crippen LogP contribution in [0.25, 0.3) is 0 Å². The molecule has 2 aromatic rings. The summed E-state index contributed by atoms with van der Waals surface area (Å²) in [6.45, 7) is 5.01. The summed E-state index contributed by atoms with van der Waals surface area (Å²) >= 11 is 0. The van der Waals surface area contributed by atoms with Crippen molar-refractivity contribution in [2.75, 3.05) is 26.3 Å². The van der Waals surface area contributed by atoms with E-state index in [1.54, 1.807) is 0 Å². The highest BCUT2D eigenvalue weighted by Crippen LogP contribution is 2.10. The first-order valence-corrected chi connectivity index (χ1v) is 6.92. The average Bonchev–Trinajstić information content (AvgIpc) is 2.49. The summed E-state index contributed by atoms with van der Waals surface area (Å²) in [5.41, 5.74) is 1.24. The Hall–Kier alpha value is -1.71. The molecule has 1 N–H and O–H groups in total. The molecule has 0 saturated carbocycles. The third-order valence-electron chi connectivity index (χ3n) is 2.86. The molecule has 3 nitrogen and oxygen atoms in total. The summed E-state index contributed by atoms with van der Waals surface area (Å²) in [6.07, 6.45) is 0. The number of ether oxygens (including phenoxy) is 2. The lowest BCUT2D eigenvalue weighted by Crippen LogP contribution is -2.25. The van der Waals surface area contributed by atoms with E-state index in [0.29, 0.717) is 13.2 Å². The molecule has 0 aliphatic carbocycles. The zero-order chi connectivity index (χ0) is 14.0. The van der Waals surface area contributed by atoms with Gasteiger partial charge in [-0.1, -0.05) is 35.9 Å². The fourth-order valence-electron chi connectivity index (χ4n) is 1.76. The van der Waals surface area contributed by atoms with Gasteiger partial charge in [-0.15, -0.1) is 12.4 Å². The molecular formula is C17H22ClNO2. The van der Waals surface area contributed by atoms with Crippen LogP contribution in [0.5, 0.6) is 11.5 Å². The Bertz CT molecular complexity index is 488. The van der Waals surface area contributed by atoms with Crippen LogP contribution in [0.2, 0.25) is 0 Å². The van der Waals surface area contributed by atoms with Gasteiger partial charge in [-0.05, 0) is 31.2 Å². The van der Waals surface area contributed by atoms with E-state index < -0.39 is 0 Å². The predicted molar refractivity (Wildman–Crippen MR) is 88.7 cm³/mol. The second kappa shape index (κ2) is 10.1. The SMILES string of the molecule is Cc1ccc(OCCNCCOc2ccccc2)cc1.Cl. The van der Waals surface area contributed by atoms with Crippen LogP contribution in [0.1, 0.15) is 5.56 Å². The van der Waals surface area contributed by atoms with Crippen LogP contribution in [-0.4, -0.2) is 26.3 Å². The summed E-state index contributed by atoms with van der Waals surface area (Å²) in [4.78, 5) is 0. The van der Waals surface area contributed by atoms with Gasteiger partial charge in [-0.3, -0.25) is 0 Å². The van der Waals surface area contributed by atoms with Gasteiger partial charge in [-0.2, -0.15) is 0 Å². The van der Waals surface area contributed by atoms with Crippen LogP contribution in [0, 0.1) is 6.92 Å². The minimum atomic E-state index is 0. The topological polar surface area (TPSA) is 30.5 Å². The predicted octanol–water partition coefficient (Wildman–Crippen LogP) is 3.46. The number of aryl methyl sites for hydroxylation is 1. The molecule has 0 aromatic heterocycles. The van der Waals surface area contributed by atoms with Gasteiger partial charge in [0, 0.05) is 13.1 Å². The number of halogens is 1. The Labute approximate surface area is 132 Å². The minimum Gasteiger partial charge on any atom is -0.492 e. The molecule has 0 atom stereocenters. The van der Waals surface area contributed by atoms with Crippen molar-refractivity contribution in [1.29, 1.82) is 0 Å². The molecule has 0 aliphatic rings. The largest absolute Gasteiger partial charge is 0.492 e. The van der Waals surface area contributed by atoms with Crippen molar-refractivity contribution in [2.24, 2.45) is 0 Å². The van der Waals surface area contributed by atoms with Crippen molar-refractivity contribution >= 4 is 12.4 Å². The van der Waals surface area contributed by atoms with E-state index in [9.17, 15) is 0 Å². The first kappa shape index (κ1) is 17.3. The van der Waals surface area contributed by atoms with Crippen molar-refractivity contribution in [2.45, 2.75) is 6.92 Å². The first-order chi connectivity index (χ1) is 9.84. The van der Waals surface area contributed by atoms with Crippen LogP contribution >= 0.6 is 12.4 Å². The Balaban J connectivity index is 0.00000220. The Morgan fingerprint density at radius 3 is 1.86 bits per heavy atom. The van der Waals surface area contributed by atoms with E-state index in [2.05, 4.69) is 24.4 Å². The van der Waals surface area contributed by atoms with E-state index in [0.717, 1.165) is 24.6 Å². The second-order valence-electron chi connectivity index (χ2n) is 4.57. The fourth-order valence-corrected chi connectivity index (χ4v) is 1.76. The molecule has 2 aromatic carbocycles. The van der Waals surface area contributed by atoms with E-state index >= 15 is 0 Å². The molecule has 0 spiro atoms. The fraction of sp³-hybridized carbons (Fsp3) is 0.294. The zero-order valence-corrected chi connectivity index (χ0v) is 13.1. The highest BCUT2D eigenvalue weighted by molar-refractivity contribution is 5.85. The van der Waals surface area contributed by atoms with Gasteiger partial charge in [0.25, 0.3) is 0 Å². The van der Waals surface area contributed by atoms with Gasteiger partial charge in [-0.25, -0.2) is 0 Å². The van der Waals surface area contributed by atoms with Gasteiger partial charge in [0.15, 0.2) is 0 Å². The molecule has 0 bridgehead atoms. The summed E-state index contributed by atoms with van der Waals surface area (Å²) in [6, 6.07) is 17.9. The van der Waals surface area contributed by atoms with Gasteiger partial charge in [0.1, 0.15) is 24.7 Å². The maximum absolute atomic E-state index is 5.62. The summed E-state index contributed by atoms with van der Waals surface area (Å²) in [5, 5.41) is 3.29. The molecule has 2 rings (SSSR count).